The molecular formula is C39H40N6O4. The molecule has 2 saturated heterocycles. The minimum Gasteiger partial charge on any atom is -0.496 e. The Kier molecular flexibility index (Phi) is 7.65. The summed E-state index contributed by atoms with van der Waals surface area (Å²) in [6.45, 7) is 8.86. The fourth-order valence-corrected chi connectivity index (χ4v) is 7.73. The van der Waals surface area contributed by atoms with Gasteiger partial charge in [0, 0.05) is 74.7 Å². The fourth-order valence-electron chi connectivity index (χ4n) is 7.73. The van der Waals surface area contributed by atoms with E-state index in [1.807, 2.05) is 41.0 Å². The third-order valence-electron chi connectivity index (χ3n) is 10.1. The lowest BCUT2D eigenvalue weighted by Gasteiger charge is -2.60. The molecule has 0 atom stereocenters. The highest BCUT2D eigenvalue weighted by molar-refractivity contribution is 5.97. The smallest absolute Gasteiger partial charge is 0.227 e. The standard InChI is InChI=1S/C39H40N6O4/c1-24-28(8-6-9-29(24)38-42-33-14-26(17-40-3)12-13-35(33)49-38)30-10-7-11-34-31(30)18-41-45(34)27-15-36(47-4)32(37(16-27)48-5)19-43-20-39(21-43)22-44(23-39)25(2)46/h6-16,18,40H,17,19-23H2,1-5H3. The van der Waals surface area contributed by atoms with Crippen LogP contribution in [0.15, 0.2) is 77.3 Å². The highest BCUT2D eigenvalue weighted by atomic mass is 16.5. The summed E-state index contributed by atoms with van der Waals surface area (Å²) >= 11 is 0. The van der Waals surface area contributed by atoms with E-state index in [9.17, 15) is 4.79 Å². The summed E-state index contributed by atoms with van der Waals surface area (Å²) in [5.74, 6) is 2.28. The van der Waals surface area contributed by atoms with Crippen LogP contribution in [-0.4, -0.2) is 77.9 Å². The Bertz CT molecular complexity index is 2200. The second kappa shape index (κ2) is 12.0. The zero-order valence-corrected chi connectivity index (χ0v) is 28.5. The van der Waals surface area contributed by atoms with Gasteiger partial charge >= 0.3 is 0 Å². The van der Waals surface area contributed by atoms with Crippen LogP contribution in [0.3, 0.4) is 0 Å². The molecule has 0 aliphatic carbocycles. The molecule has 250 valence electrons. The van der Waals surface area contributed by atoms with E-state index in [1.165, 1.54) is 0 Å². The highest BCUT2D eigenvalue weighted by Gasteiger charge is 2.52. The monoisotopic (exact) mass is 656 g/mol. The number of hydrogen-bond donors (Lipinski definition) is 1. The van der Waals surface area contributed by atoms with Gasteiger partial charge in [0.15, 0.2) is 5.58 Å². The Morgan fingerprint density at radius 1 is 0.939 bits per heavy atom. The molecule has 0 unspecified atom stereocenters. The van der Waals surface area contributed by atoms with Crippen LogP contribution in [0, 0.1) is 12.3 Å². The SMILES string of the molecule is CNCc1ccc2oc(-c3cccc(-c4cccc5c4cnn5-c4cc(OC)c(CN5CC6(C5)CN(C(C)=O)C6)c(OC)c4)c3C)nc2c1. The van der Waals surface area contributed by atoms with Crippen molar-refractivity contribution in [2.24, 2.45) is 5.41 Å². The number of amides is 1. The van der Waals surface area contributed by atoms with E-state index in [1.54, 1.807) is 21.1 Å². The minimum absolute atomic E-state index is 0.156. The molecule has 4 heterocycles. The molecule has 6 aromatic rings. The van der Waals surface area contributed by atoms with Crippen LogP contribution in [0.5, 0.6) is 11.5 Å². The van der Waals surface area contributed by atoms with Crippen LogP contribution in [0.1, 0.15) is 23.6 Å². The van der Waals surface area contributed by atoms with Crippen molar-refractivity contribution < 1.29 is 18.7 Å². The van der Waals surface area contributed by atoms with E-state index in [4.69, 9.17) is 24.0 Å². The van der Waals surface area contributed by atoms with E-state index < -0.39 is 0 Å². The third-order valence-corrected chi connectivity index (χ3v) is 10.1. The molecule has 0 radical (unpaired) electrons. The maximum absolute atomic E-state index is 11.7. The van der Waals surface area contributed by atoms with Gasteiger partial charge in [-0.15, -0.1) is 0 Å². The van der Waals surface area contributed by atoms with Gasteiger partial charge < -0.3 is 24.1 Å². The van der Waals surface area contributed by atoms with E-state index in [2.05, 4.69) is 65.7 Å². The summed E-state index contributed by atoms with van der Waals surface area (Å²) in [6, 6.07) is 22.8. The molecule has 1 N–H and O–H groups in total. The fraction of sp³-hybridized carbons (Fsp3) is 0.308. The predicted molar refractivity (Wildman–Crippen MR) is 190 cm³/mol. The van der Waals surface area contributed by atoms with Crippen molar-refractivity contribution >= 4 is 27.9 Å². The van der Waals surface area contributed by atoms with Crippen molar-refractivity contribution in [2.45, 2.75) is 26.9 Å². The van der Waals surface area contributed by atoms with Crippen LogP contribution in [0.25, 0.3) is 50.3 Å². The van der Waals surface area contributed by atoms with E-state index in [0.717, 1.165) is 105 Å². The number of carbonyl (C=O) groups excluding carboxylic acids is 1. The number of benzene rings is 4. The number of ether oxygens (including phenoxy) is 2. The van der Waals surface area contributed by atoms with Crippen molar-refractivity contribution in [1.29, 1.82) is 0 Å². The summed E-state index contributed by atoms with van der Waals surface area (Å²) in [7, 11) is 5.33. The maximum atomic E-state index is 11.7. The Morgan fingerprint density at radius 2 is 1.65 bits per heavy atom. The molecule has 10 nitrogen and oxygen atoms in total. The molecule has 1 amide bonds. The molecular weight excluding hydrogens is 616 g/mol. The summed E-state index contributed by atoms with van der Waals surface area (Å²) in [5, 5.41) is 9.10. The molecule has 1 spiro atoms. The number of nitrogens with one attached hydrogen (secondary N) is 1. The number of fused-ring (bicyclic) bond motifs is 2. The Hall–Kier alpha value is -5.19. The zero-order chi connectivity index (χ0) is 33.9. The Morgan fingerprint density at radius 3 is 2.37 bits per heavy atom. The predicted octanol–water partition coefficient (Wildman–Crippen LogP) is 6.21. The first-order chi connectivity index (χ1) is 23.8. The third kappa shape index (κ3) is 5.32. The van der Waals surface area contributed by atoms with Gasteiger partial charge in [-0.25, -0.2) is 9.67 Å². The van der Waals surface area contributed by atoms with Gasteiger partial charge in [-0.1, -0.05) is 30.3 Å². The molecule has 10 heteroatoms. The van der Waals surface area contributed by atoms with E-state index >= 15 is 0 Å². The maximum Gasteiger partial charge on any atom is 0.227 e. The number of likely N-dealkylation sites (tertiary alicyclic amines) is 2. The Balaban J connectivity index is 1.10. The first-order valence-electron chi connectivity index (χ1n) is 16.6. The molecule has 2 aliphatic heterocycles. The molecule has 2 aliphatic rings. The highest BCUT2D eigenvalue weighted by Crippen LogP contribution is 2.43. The van der Waals surface area contributed by atoms with Crippen LogP contribution in [0.2, 0.25) is 0 Å². The molecule has 49 heavy (non-hydrogen) atoms. The molecule has 8 rings (SSSR count). The normalized spacial score (nSPS) is 15.5. The first kappa shape index (κ1) is 31.1. The lowest BCUT2D eigenvalue weighted by atomic mass is 9.72. The van der Waals surface area contributed by atoms with Crippen molar-refractivity contribution in [2.75, 3.05) is 47.4 Å². The molecule has 4 aromatic carbocycles. The molecule has 2 fully saturated rings. The second-order valence-electron chi connectivity index (χ2n) is 13.5. The number of methoxy groups -OCH3 is 2. The summed E-state index contributed by atoms with van der Waals surface area (Å²) in [5.41, 5.74) is 10.1. The van der Waals surface area contributed by atoms with Gasteiger partial charge in [0.2, 0.25) is 11.8 Å². The van der Waals surface area contributed by atoms with Crippen LogP contribution in [0.4, 0.5) is 0 Å². The van der Waals surface area contributed by atoms with Gasteiger partial charge in [0.25, 0.3) is 0 Å². The van der Waals surface area contributed by atoms with Gasteiger partial charge in [-0.2, -0.15) is 5.10 Å². The van der Waals surface area contributed by atoms with Crippen LogP contribution >= 0.6 is 0 Å². The Labute approximate surface area is 285 Å². The van der Waals surface area contributed by atoms with E-state index in [-0.39, 0.29) is 11.3 Å². The number of hydrogen-bond acceptors (Lipinski definition) is 8. The number of oxazole rings is 1. The molecule has 2 aromatic heterocycles. The van der Waals surface area contributed by atoms with Crippen molar-refractivity contribution in [1.82, 2.24) is 29.9 Å². The van der Waals surface area contributed by atoms with Gasteiger partial charge in [-0.3, -0.25) is 9.69 Å². The van der Waals surface area contributed by atoms with Gasteiger partial charge in [0.1, 0.15) is 17.0 Å². The van der Waals surface area contributed by atoms with E-state index in [0.29, 0.717) is 12.4 Å². The average Bonchev–Trinajstić information content (AvgIpc) is 3.69. The van der Waals surface area contributed by atoms with Gasteiger partial charge in [0.05, 0.1) is 37.2 Å². The molecule has 0 bridgehead atoms. The average molecular weight is 657 g/mol. The zero-order valence-electron chi connectivity index (χ0n) is 28.5. The summed E-state index contributed by atoms with van der Waals surface area (Å²) in [4.78, 5) is 20.9. The summed E-state index contributed by atoms with van der Waals surface area (Å²) < 4.78 is 20.1. The second-order valence-corrected chi connectivity index (χ2v) is 13.5. The largest absolute Gasteiger partial charge is 0.496 e. The van der Waals surface area contributed by atoms with Crippen molar-refractivity contribution in [3.63, 3.8) is 0 Å². The summed E-state index contributed by atoms with van der Waals surface area (Å²) in [6.07, 6.45) is 1.93. The van der Waals surface area contributed by atoms with Gasteiger partial charge in [-0.05, 0) is 60.5 Å². The van der Waals surface area contributed by atoms with Crippen molar-refractivity contribution in [3.8, 4) is 39.8 Å². The number of aromatic nitrogens is 3. The molecule has 0 saturated carbocycles. The number of carbonyl (C=O) groups is 1. The minimum atomic E-state index is 0.156. The number of rotatable bonds is 9. The lowest BCUT2D eigenvalue weighted by Crippen LogP contribution is -2.72. The first-order valence-corrected chi connectivity index (χ1v) is 16.6. The quantitative estimate of drug-likeness (QED) is 0.196. The number of nitrogens with zero attached hydrogens (tertiary/aromatic N) is 5. The lowest BCUT2D eigenvalue weighted by molar-refractivity contribution is -0.157. The van der Waals surface area contributed by atoms with Crippen LogP contribution < -0.4 is 14.8 Å². The topological polar surface area (TPSA) is 97.9 Å². The van der Waals surface area contributed by atoms with Crippen LogP contribution in [-0.2, 0) is 17.9 Å². The van der Waals surface area contributed by atoms with Crippen molar-refractivity contribution in [3.05, 3.63) is 89.6 Å².